The number of benzene rings is 12. The van der Waals surface area contributed by atoms with Crippen LogP contribution in [0, 0.1) is 83.1 Å². The second kappa shape index (κ2) is 33.4. The smallest absolute Gasteiger partial charge is 0.343 e. The lowest BCUT2D eigenvalue weighted by Crippen LogP contribution is -2.25. The van der Waals surface area contributed by atoms with Crippen molar-refractivity contribution < 1.29 is 77.5 Å². The van der Waals surface area contributed by atoms with E-state index >= 15 is 0 Å². The van der Waals surface area contributed by atoms with Crippen molar-refractivity contribution in [3.63, 3.8) is 0 Å². The van der Waals surface area contributed by atoms with Gasteiger partial charge in [0.2, 0.25) is 0 Å². The van der Waals surface area contributed by atoms with E-state index in [0.717, 1.165) is 89.0 Å². The predicted octanol–water partition coefficient (Wildman–Crippen LogP) is 20.8. The summed E-state index contributed by atoms with van der Waals surface area (Å²) in [6.07, 6.45) is -2.19. The Bertz CT molecular complexity index is 4990. The molecule has 0 fully saturated rings. The Hall–Kier alpha value is -12.7. The summed E-state index contributed by atoms with van der Waals surface area (Å²) in [4.78, 5) is 93.8. The molecule has 0 radical (unpaired) electrons. The van der Waals surface area contributed by atoms with Gasteiger partial charge in [-0.1, -0.05) is 176 Å². The number of esters is 6. The van der Waals surface area contributed by atoms with Crippen LogP contribution in [-0.4, -0.2) is 46.3 Å². The van der Waals surface area contributed by atoms with Gasteiger partial charge in [0.05, 0.1) is 33.4 Å². The van der Waals surface area contributed by atoms with Crippen molar-refractivity contribution in [3.8, 4) is 34.5 Å². The molecule has 0 spiro atoms. The van der Waals surface area contributed by atoms with E-state index in [4.69, 9.17) is 38.2 Å². The molecule has 560 valence electrons. The van der Waals surface area contributed by atoms with Crippen LogP contribution in [0.2, 0.25) is 0 Å². The van der Waals surface area contributed by atoms with Crippen molar-refractivity contribution >= 4 is 35.8 Å². The fourth-order valence-electron chi connectivity index (χ4n) is 14.4. The van der Waals surface area contributed by atoms with Gasteiger partial charge in [-0.2, -0.15) is 0 Å². The molecule has 0 aliphatic carbocycles. The molecule has 0 bridgehead atoms. The number of ether oxygens (including phenoxy) is 6. The number of hydrogen-bond donors (Lipinski definition) is 2. The van der Waals surface area contributed by atoms with Gasteiger partial charge in [0.25, 0.3) is 0 Å². The molecule has 12 aromatic carbocycles. The molecule has 2 unspecified atom stereocenters. The number of hydrogen-bond acceptors (Lipinski definition) is 16. The quantitative estimate of drug-likeness (QED) is 0.0200. The lowest BCUT2D eigenvalue weighted by molar-refractivity contribution is -0.270. The third-order valence-electron chi connectivity index (χ3n) is 19.1. The Morgan fingerprint density at radius 3 is 0.658 bits per heavy atom. The predicted molar refractivity (Wildman–Crippen MR) is 423 cm³/mol. The lowest BCUT2D eigenvalue weighted by Gasteiger charge is -2.33. The maximum Gasteiger partial charge on any atom is 0.343 e. The van der Waals surface area contributed by atoms with Crippen LogP contribution in [0.1, 0.15) is 198 Å². The van der Waals surface area contributed by atoms with Crippen LogP contribution in [-0.2, 0) is 21.6 Å². The van der Waals surface area contributed by atoms with Crippen molar-refractivity contribution in [2.75, 3.05) is 0 Å². The second-order valence-electron chi connectivity index (χ2n) is 29.1. The van der Waals surface area contributed by atoms with Gasteiger partial charge in [0, 0.05) is 23.6 Å². The molecule has 0 saturated heterocycles. The maximum absolute atomic E-state index is 13.9. The molecule has 0 heterocycles. The van der Waals surface area contributed by atoms with Crippen molar-refractivity contribution in [2.24, 2.45) is 0 Å². The summed E-state index contributed by atoms with van der Waals surface area (Å²) in [5.74, 6) is -3.46. The molecule has 0 aromatic heterocycles. The van der Waals surface area contributed by atoms with E-state index in [-0.39, 0.29) is 45.6 Å². The van der Waals surface area contributed by atoms with Crippen LogP contribution in [0.3, 0.4) is 0 Å². The van der Waals surface area contributed by atoms with Crippen LogP contribution in [0.5, 0.6) is 34.5 Å². The minimum absolute atomic E-state index is 0.00891. The zero-order valence-corrected chi connectivity index (χ0v) is 64.0. The highest BCUT2D eigenvalue weighted by Gasteiger charge is 2.33. The summed E-state index contributed by atoms with van der Waals surface area (Å²) in [6.45, 7) is 24.6. The van der Waals surface area contributed by atoms with E-state index in [2.05, 4.69) is 0 Å². The molecule has 0 saturated carbocycles. The van der Waals surface area contributed by atoms with Crippen molar-refractivity contribution in [2.45, 2.75) is 114 Å². The van der Waals surface area contributed by atoms with Crippen molar-refractivity contribution in [3.05, 3.63) is 387 Å². The van der Waals surface area contributed by atoms with Gasteiger partial charge in [-0.15, -0.1) is 0 Å². The molecule has 12 rings (SSSR count). The molecule has 16 nitrogen and oxygen atoms in total. The molecule has 2 N–H and O–H groups in total. The van der Waals surface area contributed by atoms with Crippen LogP contribution in [0.15, 0.2) is 237 Å². The Kier molecular flexibility index (Phi) is 23.5. The first kappa shape index (κ1) is 77.9. The van der Waals surface area contributed by atoms with Crippen molar-refractivity contribution in [1.29, 1.82) is 0 Å². The summed E-state index contributed by atoms with van der Waals surface area (Å²) in [5, 5.41) is 22.0. The molecule has 0 aliphatic heterocycles. The fraction of sp³-hybridized carbons (Fsp3) is 0.179. The normalized spacial score (nSPS) is 12.2. The molecule has 0 aliphatic rings. The second-order valence-corrected chi connectivity index (χ2v) is 29.1. The molecule has 16 heteroatoms. The minimum Gasteiger partial charge on any atom is -0.423 e. The van der Waals surface area contributed by atoms with Gasteiger partial charge in [0.15, 0.2) is 0 Å². The maximum atomic E-state index is 13.9. The van der Waals surface area contributed by atoms with E-state index in [0.29, 0.717) is 56.5 Å². The highest BCUT2D eigenvalue weighted by molar-refractivity contribution is 5.95. The first-order chi connectivity index (χ1) is 53.0. The molecular weight excluding hydrogens is 1400 g/mol. The third-order valence-corrected chi connectivity index (χ3v) is 19.1. The summed E-state index contributed by atoms with van der Waals surface area (Å²) >= 11 is 0. The highest BCUT2D eigenvalue weighted by atomic mass is 17.1. The van der Waals surface area contributed by atoms with E-state index in [1.54, 1.807) is 109 Å². The summed E-state index contributed by atoms with van der Waals surface area (Å²) in [5.41, 5.74) is 16.5. The average Bonchev–Trinajstić information content (AvgIpc) is 0.755. The molecule has 0 amide bonds. The van der Waals surface area contributed by atoms with Crippen LogP contribution >= 0.6 is 0 Å². The monoisotopic (exact) mass is 1480 g/mol. The molecule has 2 atom stereocenters. The van der Waals surface area contributed by atoms with E-state index in [1.165, 1.54) is 42.5 Å². The van der Waals surface area contributed by atoms with Crippen LogP contribution in [0.25, 0.3) is 0 Å². The fourth-order valence-corrected chi connectivity index (χ4v) is 14.4. The van der Waals surface area contributed by atoms with Gasteiger partial charge in [-0.3, -0.25) is 10.5 Å². The number of carbonyl (C=O) groups excluding carboxylic acids is 6. The highest BCUT2D eigenvalue weighted by Crippen LogP contribution is 2.43. The summed E-state index contributed by atoms with van der Waals surface area (Å²) in [7, 11) is 0. The van der Waals surface area contributed by atoms with Crippen LogP contribution in [0.4, 0.5) is 0 Å². The SMILES string of the molecule is Cc1cc(C)cc(C(=O)Oc2cc(Cc3ccc(C(C)(c4ccc(C(OO)c5cc(OC(=O)c6cc(C)cc(C)c6)cc(OC(=O)c6cc(C)cc(C)c6)c5)cc4)c4ccc(C(OO)c5cc(OC(=O)c6cc(C)cc(C)c6)cc(OC(=O)c6cc(C)cc(C)c6)c5)cc4)cc3)cc(OC(=O)c3cc(C)cc(C)c3)c2)c1. The number of rotatable bonds is 23. The van der Waals surface area contributed by atoms with E-state index in [1.807, 2.05) is 175 Å². The molecular formula is C95H84O16. The minimum atomic E-state index is -1.24. The van der Waals surface area contributed by atoms with Crippen LogP contribution < -0.4 is 28.4 Å². The number of carbonyl (C=O) groups is 6. The Balaban J connectivity index is 0.923. The molecule has 12 aromatic rings. The van der Waals surface area contributed by atoms with Gasteiger partial charge in [0.1, 0.15) is 46.7 Å². The Morgan fingerprint density at radius 1 is 0.252 bits per heavy atom. The topological polar surface area (TPSA) is 217 Å². The summed E-state index contributed by atoms with van der Waals surface area (Å²) < 4.78 is 36.1. The van der Waals surface area contributed by atoms with Gasteiger partial charge < -0.3 is 28.4 Å². The zero-order valence-electron chi connectivity index (χ0n) is 64.0. The Labute approximate surface area is 645 Å². The third kappa shape index (κ3) is 19.1. The van der Waals surface area contributed by atoms with E-state index in [9.17, 15) is 39.3 Å². The van der Waals surface area contributed by atoms with Gasteiger partial charge in [-0.25, -0.2) is 38.5 Å². The summed E-state index contributed by atoms with van der Waals surface area (Å²) in [6, 6.07) is 69.0. The van der Waals surface area contributed by atoms with Crippen molar-refractivity contribution in [1.82, 2.24) is 0 Å². The largest absolute Gasteiger partial charge is 0.423 e. The first-order valence-corrected chi connectivity index (χ1v) is 36.2. The number of aryl methyl sites for hydroxylation is 12. The average molecular weight is 1480 g/mol. The molecule has 111 heavy (non-hydrogen) atoms. The standard InChI is InChI=1S/C95H84O16/c1-54-26-55(2)33-72(32-54)89(96)104-81-45-67(46-82(51-81)105-90(97)73-34-56(3)27-57(4)35-73)44-66-14-20-78(21-15-66)95(13,79-22-16-68(17-23-79)87(110-102)70-47-83(106-91(98)74-36-58(5)28-59(6)37-74)52-84(48-70)107-92(99)75-38-60(7)29-61(8)39-75)80-24-18-69(19-25-80)88(111-103)71-49-85(108-93(100)76-40-62(9)30-63(10)41-76)53-86(50-71)109-94(101)77-42-64(11)31-65(12)43-77/h14-43,45-53,87-88,102-103H,44H2,1-13H3. The Morgan fingerprint density at radius 2 is 0.450 bits per heavy atom. The zero-order chi connectivity index (χ0) is 79.1. The van der Waals surface area contributed by atoms with Gasteiger partial charge in [-0.05, 0) is 256 Å². The van der Waals surface area contributed by atoms with Gasteiger partial charge >= 0.3 is 35.8 Å². The van der Waals surface area contributed by atoms with E-state index < -0.39 is 53.4 Å². The lowest BCUT2D eigenvalue weighted by atomic mass is 9.70. The first-order valence-electron chi connectivity index (χ1n) is 36.2.